The van der Waals surface area contributed by atoms with E-state index in [9.17, 15) is 4.79 Å². The van der Waals surface area contributed by atoms with Crippen LogP contribution in [-0.2, 0) is 10.3 Å². The molecule has 1 aromatic carbocycles. The van der Waals surface area contributed by atoms with E-state index in [4.69, 9.17) is 9.47 Å². The number of cyclic esters (lactones) is 1. The van der Waals surface area contributed by atoms with Crippen molar-refractivity contribution >= 4 is 22.0 Å². The van der Waals surface area contributed by atoms with Crippen molar-refractivity contribution in [3.05, 3.63) is 28.2 Å². The first-order valence-electron chi connectivity index (χ1n) is 5.07. The molecule has 1 spiro atoms. The average molecular weight is 284 g/mol. The van der Waals surface area contributed by atoms with Crippen LogP contribution in [0.1, 0.15) is 12.0 Å². The molecule has 2 heterocycles. The van der Waals surface area contributed by atoms with E-state index in [1.54, 1.807) is 0 Å². The van der Waals surface area contributed by atoms with Crippen molar-refractivity contribution in [3.8, 4) is 5.75 Å². The smallest absolute Gasteiger partial charge is 0.408 e. The van der Waals surface area contributed by atoms with E-state index in [2.05, 4.69) is 21.2 Å². The fourth-order valence-corrected chi connectivity index (χ4v) is 2.56. The quantitative estimate of drug-likeness (QED) is 0.794. The van der Waals surface area contributed by atoms with Crippen molar-refractivity contribution in [1.29, 1.82) is 0 Å². The number of hydrogen-bond acceptors (Lipinski definition) is 3. The summed E-state index contributed by atoms with van der Waals surface area (Å²) in [6, 6.07) is 5.83. The standard InChI is InChI=1S/C11H10BrNO3/c12-7-1-2-8-9(5-7)15-4-3-11(8)6-16-10(14)13-11/h1-2,5H,3-4,6H2,(H,13,14). The number of ether oxygens (including phenoxy) is 2. The molecule has 0 saturated carbocycles. The maximum Gasteiger partial charge on any atom is 0.408 e. The minimum atomic E-state index is -0.397. The minimum absolute atomic E-state index is 0.351. The van der Waals surface area contributed by atoms with Gasteiger partial charge in [-0.05, 0) is 12.1 Å². The van der Waals surface area contributed by atoms with Crippen LogP contribution in [0, 0.1) is 0 Å². The maximum absolute atomic E-state index is 11.2. The van der Waals surface area contributed by atoms with Gasteiger partial charge in [0, 0.05) is 16.5 Å². The zero-order valence-corrected chi connectivity index (χ0v) is 10.0. The number of benzene rings is 1. The van der Waals surface area contributed by atoms with Crippen LogP contribution in [0.25, 0.3) is 0 Å². The highest BCUT2D eigenvalue weighted by Gasteiger charge is 2.45. The molecule has 1 N–H and O–H groups in total. The summed E-state index contributed by atoms with van der Waals surface area (Å²) in [5, 5.41) is 2.89. The van der Waals surface area contributed by atoms with E-state index < -0.39 is 5.54 Å². The van der Waals surface area contributed by atoms with Gasteiger partial charge in [0.2, 0.25) is 0 Å². The molecule has 0 aromatic heterocycles. The van der Waals surface area contributed by atoms with Crippen molar-refractivity contribution in [3.63, 3.8) is 0 Å². The normalized spacial score (nSPS) is 26.9. The van der Waals surface area contributed by atoms with Gasteiger partial charge in [0.25, 0.3) is 0 Å². The van der Waals surface area contributed by atoms with Crippen LogP contribution in [-0.4, -0.2) is 19.3 Å². The molecule has 0 aliphatic carbocycles. The molecule has 2 aliphatic heterocycles. The highest BCUT2D eigenvalue weighted by atomic mass is 79.9. The van der Waals surface area contributed by atoms with Crippen LogP contribution in [0.15, 0.2) is 22.7 Å². The number of rotatable bonds is 0. The fourth-order valence-electron chi connectivity index (χ4n) is 2.22. The van der Waals surface area contributed by atoms with Crippen LogP contribution < -0.4 is 10.1 Å². The molecule has 1 atom stereocenters. The zero-order valence-electron chi connectivity index (χ0n) is 8.46. The van der Waals surface area contributed by atoms with Gasteiger partial charge in [-0.3, -0.25) is 0 Å². The Labute approximate surface area is 101 Å². The Morgan fingerprint density at radius 3 is 3.00 bits per heavy atom. The van der Waals surface area contributed by atoms with E-state index in [-0.39, 0.29) is 6.09 Å². The largest absolute Gasteiger partial charge is 0.493 e. The topological polar surface area (TPSA) is 47.6 Å². The lowest BCUT2D eigenvalue weighted by Gasteiger charge is -2.33. The fraction of sp³-hybridized carbons (Fsp3) is 0.364. The average Bonchev–Trinajstić information content (AvgIpc) is 2.61. The molecule has 16 heavy (non-hydrogen) atoms. The molecule has 3 rings (SSSR count). The van der Waals surface area contributed by atoms with E-state index in [1.165, 1.54) is 0 Å². The molecule has 1 aromatic rings. The molecule has 4 nitrogen and oxygen atoms in total. The Bertz CT molecular complexity index is 463. The zero-order chi connectivity index (χ0) is 11.2. The number of halogens is 1. The third-order valence-electron chi connectivity index (χ3n) is 3.04. The number of carbonyl (C=O) groups is 1. The van der Waals surface area contributed by atoms with E-state index in [0.29, 0.717) is 13.2 Å². The van der Waals surface area contributed by atoms with Gasteiger partial charge in [0.05, 0.1) is 6.61 Å². The van der Waals surface area contributed by atoms with Crippen LogP contribution >= 0.6 is 15.9 Å². The third kappa shape index (κ3) is 1.38. The first-order chi connectivity index (χ1) is 7.70. The lowest BCUT2D eigenvalue weighted by molar-refractivity contribution is 0.156. The molecule has 1 fully saturated rings. The molecule has 84 valence electrons. The van der Waals surface area contributed by atoms with E-state index >= 15 is 0 Å². The molecule has 2 aliphatic rings. The van der Waals surface area contributed by atoms with Crippen molar-refractivity contribution in [2.24, 2.45) is 0 Å². The van der Waals surface area contributed by atoms with Crippen LogP contribution in [0.3, 0.4) is 0 Å². The summed E-state index contributed by atoms with van der Waals surface area (Å²) in [5.41, 5.74) is 0.596. The van der Waals surface area contributed by atoms with E-state index in [1.807, 2.05) is 18.2 Å². The van der Waals surface area contributed by atoms with Gasteiger partial charge >= 0.3 is 6.09 Å². The molecule has 1 unspecified atom stereocenters. The van der Waals surface area contributed by atoms with Gasteiger partial charge in [0.15, 0.2) is 0 Å². The second-order valence-electron chi connectivity index (χ2n) is 4.02. The number of amides is 1. The summed E-state index contributed by atoms with van der Waals surface area (Å²) in [5.74, 6) is 0.812. The Balaban J connectivity index is 2.09. The van der Waals surface area contributed by atoms with Crippen molar-refractivity contribution < 1.29 is 14.3 Å². The Morgan fingerprint density at radius 1 is 1.38 bits per heavy atom. The minimum Gasteiger partial charge on any atom is -0.493 e. The molecule has 5 heteroatoms. The monoisotopic (exact) mass is 283 g/mol. The highest BCUT2D eigenvalue weighted by Crippen LogP contribution is 2.40. The van der Waals surface area contributed by atoms with Gasteiger partial charge in [-0.15, -0.1) is 0 Å². The molecule has 0 radical (unpaired) electrons. The summed E-state index contributed by atoms with van der Waals surface area (Å²) in [6.45, 7) is 0.969. The number of hydrogen-bond donors (Lipinski definition) is 1. The van der Waals surface area contributed by atoms with Crippen molar-refractivity contribution in [2.45, 2.75) is 12.0 Å². The summed E-state index contributed by atoms with van der Waals surface area (Å²) in [6.07, 6.45) is 0.392. The molecular formula is C11H10BrNO3. The number of carbonyl (C=O) groups excluding carboxylic acids is 1. The van der Waals surface area contributed by atoms with Crippen molar-refractivity contribution in [2.75, 3.05) is 13.2 Å². The predicted octanol–water partition coefficient (Wildman–Crippen LogP) is 2.17. The van der Waals surface area contributed by atoms with Gasteiger partial charge in [0.1, 0.15) is 17.9 Å². The Kier molecular flexibility index (Phi) is 2.10. The second-order valence-corrected chi connectivity index (χ2v) is 4.94. The van der Waals surface area contributed by atoms with Crippen LogP contribution in [0.4, 0.5) is 4.79 Å². The summed E-state index contributed by atoms with van der Waals surface area (Å²) in [7, 11) is 0. The first kappa shape index (κ1) is 9.96. The second kappa shape index (κ2) is 3.38. The number of alkyl carbamates (subject to hydrolysis) is 1. The predicted molar refractivity (Wildman–Crippen MR) is 60.4 cm³/mol. The lowest BCUT2D eigenvalue weighted by atomic mass is 9.86. The van der Waals surface area contributed by atoms with E-state index in [0.717, 1.165) is 22.2 Å². The molecular weight excluding hydrogens is 274 g/mol. The SMILES string of the molecule is O=C1NC2(CCOc3cc(Br)ccc32)CO1. The first-order valence-corrected chi connectivity index (χ1v) is 5.87. The molecule has 1 saturated heterocycles. The summed E-state index contributed by atoms with van der Waals surface area (Å²) >= 11 is 3.40. The maximum atomic E-state index is 11.2. The molecule has 1 amide bonds. The molecule has 0 bridgehead atoms. The summed E-state index contributed by atoms with van der Waals surface area (Å²) < 4.78 is 11.6. The number of nitrogens with one attached hydrogen (secondary N) is 1. The van der Waals surface area contributed by atoms with Crippen LogP contribution in [0.2, 0.25) is 0 Å². The van der Waals surface area contributed by atoms with Gasteiger partial charge < -0.3 is 14.8 Å². The highest BCUT2D eigenvalue weighted by molar-refractivity contribution is 9.10. The van der Waals surface area contributed by atoms with Gasteiger partial charge in [-0.1, -0.05) is 22.0 Å². The van der Waals surface area contributed by atoms with Gasteiger partial charge in [-0.2, -0.15) is 0 Å². The third-order valence-corrected chi connectivity index (χ3v) is 3.53. The van der Waals surface area contributed by atoms with Crippen LogP contribution in [0.5, 0.6) is 5.75 Å². The van der Waals surface area contributed by atoms with Gasteiger partial charge in [-0.25, -0.2) is 4.79 Å². The lowest BCUT2D eigenvalue weighted by Crippen LogP contribution is -2.44. The Morgan fingerprint density at radius 2 is 2.25 bits per heavy atom. The Hall–Kier alpha value is -1.23. The van der Waals surface area contributed by atoms with Crippen molar-refractivity contribution in [1.82, 2.24) is 5.32 Å². The summed E-state index contributed by atoms with van der Waals surface area (Å²) in [4.78, 5) is 11.2. The number of fused-ring (bicyclic) bond motifs is 2.